The standard InChI is InChI=1S/C27H25F2N5O2/c28-22-10-6-20(7-11-22)26-30-27(21-8-12-23(29)13-9-21)34(31-26)18-25(36)33-15-14-32(24(35)17-33)16-19-4-2-1-3-5-19/h1-13,24,35H,14-18H2. The Labute approximate surface area is 207 Å². The molecule has 0 spiro atoms. The molecule has 1 N–H and O–H groups in total. The van der Waals surface area contributed by atoms with Gasteiger partial charge in [-0.15, -0.1) is 5.10 Å². The summed E-state index contributed by atoms with van der Waals surface area (Å²) in [6, 6.07) is 21.4. The molecule has 4 aromatic rings. The Balaban J connectivity index is 1.34. The van der Waals surface area contributed by atoms with Crippen molar-refractivity contribution in [3.05, 3.63) is 96.1 Å². The monoisotopic (exact) mass is 489 g/mol. The number of hydrogen-bond donors (Lipinski definition) is 1. The minimum absolute atomic E-state index is 0.105. The maximum absolute atomic E-state index is 13.5. The smallest absolute Gasteiger partial charge is 0.244 e. The number of rotatable bonds is 6. The van der Waals surface area contributed by atoms with Gasteiger partial charge in [0.05, 0.1) is 6.54 Å². The van der Waals surface area contributed by atoms with Crippen molar-refractivity contribution >= 4 is 5.91 Å². The van der Waals surface area contributed by atoms with E-state index in [1.807, 2.05) is 35.2 Å². The van der Waals surface area contributed by atoms with Crippen LogP contribution in [0.5, 0.6) is 0 Å². The summed E-state index contributed by atoms with van der Waals surface area (Å²) in [5, 5.41) is 15.2. The number of hydrogen-bond acceptors (Lipinski definition) is 5. The topological polar surface area (TPSA) is 74.5 Å². The zero-order chi connectivity index (χ0) is 25.1. The Bertz CT molecular complexity index is 1330. The van der Waals surface area contributed by atoms with Crippen LogP contribution in [0.25, 0.3) is 22.8 Å². The highest BCUT2D eigenvalue weighted by Crippen LogP contribution is 2.24. The van der Waals surface area contributed by atoms with Gasteiger partial charge in [-0.3, -0.25) is 9.69 Å². The van der Waals surface area contributed by atoms with Gasteiger partial charge in [0.15, 0.2) is 11.6 Å². The van der Waals surface area contributed by atoms with E-state index < -0.39 is 6.23 Å². The predicted molar refractivity (Wildman–Crippen MR) is 130 cm³/mol. The highest BCUT2D eigenvalue weighted by atomic mass is 19.1. The van der Waals surface area contributed by atoms with Crippen molar-refractivity contribution in [2.75, 3.05) is 19.6 Å². The van der Waals surface area contributed by atoms with Crippen molar-refractivity contribution in [3.63, 3.8) is 0 Å². The first-order valence-corrected chi connectivity index (χ1v) is 11.7. The molecule has 1 aromatic heterocycles. The normalized spacial score (nSPS) is 16.3. The highest BCUT2D eigenvalue weighted by Gasteiger charge is 2.29. The van der Waals surface area contributed by atoms with E-state index in [0.29, 0.717) is 42.4 Å². The molecule has 1 aliphatic rings. The van der Waals surface area contributed by atoms with Gasteiger partial charge in [-0.05, 0) is 54.1 Å². The number of halogens is 2. The van der Waals surface area contributed by atoms with E-state index in [9.17, 15) is 18.7 Å². The number of nitrogens with zero attached hydrogens (tertiary/aromatic N) is 5. The number of amides is 1. The molecule has 1 unspecified atom stereocenters. The average Bonchev–Trinajstić information content (AvgIpc) is 3.30. The van der Waals surface area contributed by atoms with Gasteiger partial charge < -0.3 is 10.0 Å². The van der Waals surface area contributed by atoms with E-state index in [1.54, 1.807) is 29.2 Å². The highest BCUT2D eigenvalue weighted by molar-refractivity contribution is 5.77. The third kappa shape index (κ3) is 5.32. The van der Waals surface area contributed by atoms with Crippen LogP contribution in [0.2, 0.25) is 0 Å². The number of aromatic nitrogens is 3. The summed E-state index contributed by atoms with van der Waals surface area (Å²) in [5.74, 6) is -0.257. The largest absolute Gasteiger partial charge is 0.376 e. The summed E-state index contributed by atoms with van der Waals surface area (Å²) in [6.07, 6.45) is -0.787. The molecule has 184 valence electrons. The number of β-amino-alcohol motifs (C(OH)–C–C–N with tert-alkyl or cyclic N) is 1. The maximum atomic E-state index is 13.5. The minimum atomic E-state index is -0.787. The number of carbonyl (C=O) groups excluding carboxylic acids is 1. The summed E-state index contributed by atoms with van der Waals surface area (Å²) in [6.45, 7) is 1.67. The fraction of sp³-hybridized carbons (Fsp3) is 0.222. The molecule has 5 rings (SSSR count). The average molecular weight is 490 g/mol. The van der Waals surface area contributed by atoms with Crippen molar-refractivity contribution in [1.82, 2.24) is 24.6 Å². The molecule has 0 aliphatic carbocycles. The number of piperazine rings is 1. The molecule has 36 heavy (non-hydrogen) atoms. The van der Waals surface area contributed by atoms with Crippen molar-refractivity contribution in [1.29, 1.82) is 0 Å². The van der Waals surface area contributed by atoms with Crippen LogP contribution >= 0.6 is 0 Å². The molecule has 1 fully saturated rings. The quantitative estimate of drug-likeness (QED) is 0.449. The second-order valence-electron chi connectivity index (χ2n) is 8.71. The van der Waals surface area contributed by atoms with Crippen LogP contribution in [0.3, 0.4) is 0 Å². The summed E-state index contributed by atoms with van der Waals surface area (Å²) >= 11 is 0. The first-order chi connectivity index (χ1) is 17.5. The molecule has 0 radical (unpaired) electrons. The van der Waals surface area contributed by atoms with E-state index in [2.05, 4.69) is 10.1 Å². The Morgan fingerprint density at radius 1 is 0.889 bits per heavy atom. The van der Waals surface area contributed by atoms with Crippen LogP contribution in [0.1, 0.15) is 5.56 Å². The number of carbonyl (C=O) groups is 1. The Morgan fingerprint density at radius 2 is 1.53 bits per heavy atom. The van der Waals surface area contributed by atoms with E-state index in [0.717, 1.165) is 5.56 Å². The summed E-state index contributed by atoms with van der Waals surface area (Å²) < 4.78 is 28.4. The molecule has 7 nitrogen and oxygen atoms in total. The van der Waals surface area contributed by atoms with Gasteiger partial charge in [0.1, 0.15) is 24.4 Å². The van der Waals surface area contributed by atoms with Gasteiger partial charge in [0.2, 0.25) is 5.91 Å². The molecular formula is C27H25F2N5O2. The van der Waals surface area contributed by atoms with Crippen LogP contribution in [-0.2, 0) is 17.9 Å². The van der Waals surface area contributed by atoms with Crippen molar-refractivity contribution in [2.45, 2.75) is 19.3 Å². The molecule has 2 heterocycles. The van der Waals surface area contributed by atoms with Gasteiger partial charge in [-0.2, -0.15) is 0 Å². The lowest BCUT2D eigenvalue weighted by molar-refractivity contribution is -0.141. The molecule has 3 aromatic carbocycles. The second kappa shape index (κ2) is 10.3. The van der Waals surface area contributed by atoms with E-state index in [1.165, 1.54) is 28.9 Å². The van der Waals surface area contributed by atoms with Crippen LogP contribution in [0, 0.1) is 11.6 Å². The van der Waals surface area contributed by atoms with Gasteiger partial charge in [0, 0.05) is 30.8 Å². The Kier molecular flexibility index (Phi) is 6.84. The fourth-order valence-electron chi connectivity index (χ4n) is 4.25. The number of aliphatic hydroxyl groups excluding tert-OH is 1. The van der Waals surface area contributed by atoms with Crippen LogP contribution < -0.4 is 0 Å². The zero-order valence-corrected chi connectivity index (χ0v) is 19.5. The van der Waals surface area contributed by atoms with Crippen LogP contribution in [0.15, 0.2) is 78.9 Å². The molecule has 1 atom stereocenters. The molecule has 1 aliphatic heterocycles. The lowest BCUT2D eigenvalue weighted by Crippen LogP contribution is -2.54. The van der Waals surface area contributed by atoms with E-state index in [4.69, 9.17) is 0 Å². The third-order valence-electron chi connectivity index (χ3n) is 6.21. The minimum Gasteiger partial charge on any atom is -0.376 e. The molecule has 0 saturated carbocycles. The molecule has 1 amide bonds. The summed E-state index contributed by atoms with van der Waals surface area (Å²) in [5.41, 5.74) is 2.28. The van der Waals surface area contributed by atoms with Gasteiger partial charge in [-0.25, -0.2) is 18.4 Å². The Hall–Kier alpha value is -3.95. The predicted octanol–water partition coefficient (Wildman–Crippen LogP) is 3.55. The first kappa shape index (κ1) is 23.8. The lowest BCUT2D eigenvalue weighted by atomic mass is 10.2. The van der Waals surface area contributed by atoms with Crippen molar-refractivity contribution in [2.24, 2.45) is 0 Å². The molecule has 1 saturated heterocycles. The summed E-state index contributed by atoms with van der Waals surface area (Å²) in [4.78, 5) is 21.3. The van der Waals surface area contributed by atoms with Crippen molar-refractivity contribution in [3.8, 4) is 22.8 Å². The summed E-state index contributed by atoms with van der Waals surface area (Å²) in [7, 11) is 0. The van der Waals surface area contributed by atoms with E-state index in [-0.39, 0.29) is 30.6 Å². The van der Waals surface area contributed by atoms with Gasteiger partial charge >= 0.3 is 0 Å². The van der Waals surface area contributed by atoms with Crippen LogP contribution in [-0.4, -0.2) is 61.4 Å². The SMILES string of the molecule is O=C(Cn1nc(-c2ccc(F)cc2)nc1-c1ccc(F)cc1)N1CCN(Cc2ccccc2)C(O)C1. The van der Waals surface area contributed by atoms with Crippen LogP contribution in [0.4, 0.5) is 8.78 Å². The molecule has 9 heteroatoms. The number of aliphatic hydroxyl groups is 1. The molecular weight excluding hydrogens is 464 g/mol. The first-order valence-electron chi connectivity index (χ1n) is 11.7. The lowest BCUT2D eigenvalue weighted by Gasteiger charge is -2.38. The van der Waals surface area contributed by atoms with Gasteiger partial charge in [-0.1, -0.05) is 30.3 Å². The Morgan fingerprint density at radius 3 is 2.17 bits per heavy atom. The molecule has 0 bridgehead atoms. The third-order valence-corrected chi connectivity index (χ3v) is 6.21. The zero-order valence-electron chi connectivity index (χ0n) is 19.5. The maximum Gasteiger partial charge on any atom is 0.244 e. The van der Waals surface area contributed by atoms with Gasteiger partial charge in [0.25, 0.3) is 0 Å². The van der Waals surface area contributed by atoms with Crippen molar-refractivity contribution < 1.29 is 18.7 Å². The number of benzene rings is 3. The fourth-order valence-corrected chi connectivity index (χ4v) is 4.25. The van der Waals surface area contributed by atoms with E-state index >= 15 is 0 Å². The second-order valence-corrected chi connectivity index (χ2v) is 8.71.